The summed E-state index contributed by atoms with van der Waals surface area (Å²) in [7, 11) is 0. The molecular weight excluding hydrogens is 252 g/mol. The third-order valence-electron chi connectivity index (χ3n) is 3.15. The average Bonchev–Trinajstić information content (AvgIpc) is 3.00. The van der Waals surface area contributed by atoms with Gasteiger partial charge in [-0.2, -0.15) is 5.26 Å². The fourth-order valence-electron chi connectivity index (χ4n) is 2.06. The molecule has 4 nitrogen and oxygen atoms in total. The molecule has 0 radical (unpaired) electrons. The highest BCUT2D eigenvalue weighted by molar-refractivity contribution is 5.29. The maximum Gasteiger partial charge on any atom is 0.174 e. The Morgan fingerprint density at radius 2 is 1.95 bits per heavy atom. The molecule has 20 heavy (non-hydrogen) atoms. The van der Waals surface area contributed by atoms with Crippen molar-refractivity contribution in [2.24, 2.45) is 0 Å². The van der Waals surface area contributed by atoms with E-state index in [2.05, 4.69) is 19.2 Å². The zero-order valence-corrected chi connectivity index (χ0v) is 11.7. The van der Waals surface area contributed by atoms with E-state index >= 15 is 0 Å². The lowest BCUT2D eigenvalue weighted by molar-refractivity contribution is 0.367. The lowest BCUT2D eigenvalue weighted by Crippen LogP contribution is -2.22. The molecule has 2 aromatic rings. The predicted octanol–water partition coefficient (Wildman–Crippen LogP) is 3.59. The third kappa shape index (κ3) is 3.62. The number of rotatable bonds is 6. The maximum atomic E-state index is 8.47. The Labute approximate surface area is 119 Å². The molecule has 0 saturated heterocycles. The van der Waals surface area contributed by atoms with E-state index < -0.39 is 0 Å². The van der Waals surface area contributed by atoms with Crippen LogP contribution in [-0.4, -0.2) is 6.61 Å². The van der Waals surface area contributed by atoms with Crippen LogP contribution in [0, 0.1) is 11.3 Å². The summed E-state index contributed by atoms with van der Waals surface area (Å²) in [6.07, 6.45) is 1.68. The predicted molar refractivity (Wildman–Crippen MR) is 76.2 cm³/mol. The fourth-order valence-corrected chi connectivity index (χ4v) is 2.06. The van der Waals surface area contributed by atoms with Crippen molar-refractivity contribution in [3.05, 3.63) is 54.0 Å². The van der Waals surface area contributed by atoms with Crippen LogP contribution in [0.1, 0.15) is 37.3 Å². The minimum absolute atomic E-state index is 0.0721. The Morgan fingerprint density at radius 1 is 1.20 bits per heavy atom. The Hall–Kier alpha value is -2.25. The van der Waals surface area contributed by atoms with E-state index in [-0.39, 0.29) is 18.7 Å². The molecule has 1 unspecified atom stereocenters. The second-order valence-corrected chi connectivity index (χ2v) is 4.64. The van der Waals surface area contributed by atoms with Gasteiger partial charge in [0.2, 0.25) is 0 Å². The molecule has 0 aliphatic rings. The normalized spacial score (nSPS) is 13.4. The summed E-state index contributed by atoms with van der Waals surface area (Å²) in [6, 6.07) is 13.9. The molecule has 104 valence electrons. The van der Waals surface area contributed by atoms with E-state index in [1.54, 1.807) is 6.26 Å². The van der Waals surface area contributed by atoms with E-state index in [4.69, 9.17) is 14.4 Å². The van der Waals surface area contributed by atoms with Gasteiger partial charge in [0, 0.05) is 6.04 Å². The molecule has 1 heterocycles. The van der Waals surface area contributed by atoms with Crippen LogP contribution in [0.15, 0.2) is 47.1 Å². The highest BCUT2D eigenvalue weighted by atomic mass is 16.5. The quantitative estimate of drug-likeness (QED) is 0.871. The summed E-state index contributed by atoms with van der Waals surface area (Å²) in [6.45, 7) is 4.24. The number of nitriles is 1. The number of nitrogens with zero attached hydrogens (tertiary/aromatic N) is 1. The minimum atomic E-state index is 0.0721. The molecule has 0 spiro atoms. The van der Waals surface area contributed by atoms with Crippen LogP contribution >= 0.6 is 0 Å². The van der Waals surface area contributed by atoms with Crippen molar-refractivity contribution in [1.82, 2.24) is 5.32 Å². The van der Waals surface area contributed by atoms with Crippen molar-refractivity contribution >= 4 is 0 Å². The van der Waals surface area contributed by atoms with Crippen LogP contribution in [0.4, 0.5) is 0 Å². The first-order valence-corrected chi connectivity index (χ1v) is 6.60. The Morgan fingerprint density at radius 3 is 2.55 bits per heavy atom. The Kier molecular flexibility index (Phi) is 4.80. The zero-order chi connectivity index (χ0) is 14.4. The van der Waals surface area contributed by atoms with Crippen molar-refractivity contribution in [3.8, 4) is 11.8 Å². The Balaban J connectivity index is 1.95. The highest BCUT2D eigenvalue weighted by Crippen LogP contribution is 2.21. The molecule has 1 aromatic heterocycles. The van der Waals surface area contributed by atoms with Crippen LogP contribution < -0.4 is 10.1 Å². The molecule has 4 heteroatoms. The second-order valence-electron chi connectivity index (χ2n) is 4.64. The number of nitrogens with one attached hydrogen (secondary N) is 1. The van der Waals surface area contributed by atoms with E-state index in [1.165, 1.54) is 0 Å². The lowest BCUT2D eigenvalue weighted by Gasteiger charge is -2.19. The number of hydrogen-bond acceptors (Lipinski definition) is 4. The van der Waals surface area contributed by atoms with Crippen molar-refractivity contribution in [1.29, 1.82) is 5.26 Å². The highest BCUT2D eigenvalue weighted by Gasteiger charge is 2.12. The smallest absolute Gasteiger partial charge is 0.174 e. The van der Waals surface area contributed by atoms with Crippen molar-refractivity contribution in [2.45, 2.75) is 25.9 Å². The monoisotopic (exact) mass is 270 g/mol. The number of furan rings is 1. The largest absolute Gasteiger partial charge is 0.479 e. The van der Waals surface area contributed by atoms with Gasteiger partial charge in [-0.15, -0.1) is 0 Å². The summed E-state index contributed by atoms with van der Waals surface area (Å²) in [5, 5.41) is 11.9. The summed E-state index contributed by atoms with van der Waals surface area (Å²) in [4.78, 5) is 0. The first-order chi connectivity index (χ1) is 9.70. The number of hydrogen-bond donors (Lipinski definition) is 1. The van der Waals surface area contributed by atoms with E-state index in [9.17, 15) is 0 Å². The van der Waals surface area contributed by atoms with Gasteiger partial charge in [0.1, 0.15) is 17.6 Å². The standard InChI is InChI=1S/C16H18N2O2/c1-12(18-13(2)16-4-3-10-20-16)14-5-7-15(8-6-14)19-11-9-17/h3-8,10,12-13,18H,11H2,1-2H3/t12?,13-/m0/s1. The molecule has 2 atom stereocenters. The number of benzene rings is 1. The van der Waals surface area contributed by atoms with Crippen molar-refractivity contribution < 1.29 is 9.15 Å². The fraction of sp³-hybridized carbons (Fsp3) is 0.312. The van der Waals surface area contributed by atoms with Crippen molar-refractivity contribution in [3.63, 3.8) is 0 Å². The molecule has 1 N–H and O–H groups in total. The first-order valence-electron chi connectivity index (χ1n) is 6.60. The lowest BCUT2D eigenvalue weighted by atomic mass is 10.1. The maximum absolute atomic E-state index is 8.47. The second kappa shape index (κ2) is 6.78. The third-order valence-corrected chi connectivity index (χ3v) is 3.15. The van der Waals surface area contributed by atoms with Gasteiger partial charge in [0.05, 0.1) is 12.3 Å². The van der Waals surface area contributed by atoms with Crippen LogP contribution in [-0.2, 0) is 0 Å². The molecule has 0 saturated carbocycles. The molecule has 1 aromatic carbocycles. The Bertz CT molecular complexity index is 555. The minimum Gasteiger partial charge on any atom is -0.479 e. The van der Waals surface area contributed by atoms with Gasteiger partial charge in [0.25, 0.3) is 0 Å². The summed E-state index contributed by atoms with van der Waals surface area (Å²) in [5.41, 5.74) is 1.16. The molecule has 2 rings (SSSR count). The van der Waals surface area contributed by atoms with Gasteiger partial charge < -0.3 is 14.5 Å². The molecule has 0 aliphatic carbocycles. The van der Waals surface area contributed by atoms with Gasteiger partial charge in [-0.3, -0.25) is 0 Å². The van der Waals surface area contributed by atoms with Crippen LogP contribution in [0.5, 0.6) is 5.75 Å². The van der Waals surface area contributed by atoms with E-state index in [0.717, 1.165) is 11.3 Å². The van der Waals surface area contributed by atoms with Gasteiger partial charge >= 0.3 is 0 Å². The average molecular weight is 270 g/mol. The zero-order valence-electron chi connectivity index (χ0n) is 11.7. The van der Waals surface area contributed by atoms with Crippen LogP contribution in [0.25, 0.3) is 0 Å². The van der Waals surface area contributed by atoms with Gasteiger partial charge in [-0.25, -0.2) is 0 Å². The van der Waals surface area contributed by atoms with Gasteiger partial charge in [0.15, 0.2) is 6.61 Å². The van der Waals surface area contributed by atoms with E-state index in [1.807, 2.05) is 42.5 Å². The SMILES string of the molecule is CC(N[C@@H](C)c1ccco1)c1ccc(OCC#N)cc1. The molecule has 0 amide bonds. The molecule has 0 bridgehead atoms. The molecule has 0 aliphatic heterocycles. The molecule has 0 fully saturated rings. The van der Waals surface area contributed by atoms with E-state index in [0.29, 0.717) is 5.75 Å². The van der Waals surface area contributed by atoms with Crippen LogP contribution in [0.2, 0.25) is 0 Å². The summed E-state index contributed by atoms with van der Waals surface area (Å²) in [5.74, 6) is 1.63. The topological polar surface area (TPSA) is 58.2 Å². The number of ether oxygens (including phenoxy) is 1. The van der Waals surface area contributed by atoms with Gasteiger partial charge in [-0.1, -0.05) is 12.1 Å². The first kappa shape index (κ1) is 14.2. The summed E-state index contributed by atoms with van der Waals surface area (Å²) < 4.78 is 10.6. The molecular formula is C16H18N2O2. The van der Waals surface area contributed by atoms with Gasteiger partial charge in [-0.05, 0) is 43.7 Å². The summed E-state index contributed by atoms with van der Waals surface area (Å²) >= 11 is 0. The van der Waals surface area contributed by atoms with Crippen molar-refractivity contribution in [2.75, 3.05) is 6.61 Å². The van der Waals surface area contributed by atoms with Crippen LogP contribution in [0.3, 0.4) is 0 Å².